The molecule has 0 N–H and O–H groups in total. The van der Waals surface area contributed by atoms with Crippen LogP contribution in [-0.2, 0) is 6.42 Å². The van der Waals surface area contributed by atoms with E-state index in [2.05, 4.69) is 103 Å². The van der Waals surface area contributed by atoms with Crippen LogP contribution in [0.3, 0.4) is 0 Å². The van der Waals surface area contributed by atoms with E-state index in [1.165, 1.54) is 49.2 Å². The van der Waals surface area contributed by atoms with E-state index in [9.17, 15) is 0 Å². The van der Waals surface area contributed by atoms with Gasteiger partial charge in [0.15, 0.2) is 17.8 Å². The number of hydrogen-bond donors (Lipinski definition) is 0. The first-order valence-electron chi connectivity index (χ1n) is 11.2. The van der Waals surface area contributed by atoms with Crippen molar-refractivity contribution in [2.24, 2.45) is 5.92 Å². The third-order valence-corrected chi connectivity index (χ3v) is 6.98. The van der Waals surface area contributed by atoms with Crippen molar-refractivity contribution in [2.75, 3.05) is 13.1 Å². The van der Waals surface area contributed by atoms with Gasteiger partial charge in [0.05, 0.1) is 5.92 Å². The number of hydrogen-bond acceptors (Lipinski definition) is 1. The van der Waals surface area contributed by atoms with Gasteiger partial charge in [-0.05, 0) is 31.2 Å². The maximum absolute atomic E-state index is 2.67. The third kappa shape index (κ3) is 4.17. The van der Waals surface area contributed by atoms with Gasteiger partial charge in [-0.25, -0.2) is 4.58 Å². The Balaban J connectivity index is 1.71. The van der Waals surface area contributed by atoms with Gasteiger partial charge in [-0.3, -0.25) is 0 Å². The summed E-state index contributed by atoms with van der Waals surface area (Å²) in [5, 5.41) is 0. The zero-order chi connectivity index (χ0) is 20.3. The molecule has 0 aromatic heterocycles. The van der Waals surface area contributed by atoms with Crippen molar-refractivity contribution in [1.29, 1.82) is 0 Å². The lowest BCUT2D eigenvalue weighted by Gasteiger charge is -2.43. The lowest BCUT2D eigenvalue weighted by atomic mass is 9.76. The summed E-state index contributed by atoms with van der Waals surface area (Å²) in [5.41, 5.74) is 4.38. The van der Waals surface area contributed by atoms with E-state index in [-0.39, 0.29) is 5.54 Å². The zero-order valence-electron chi connectivity index (χ0n) is 18.2. The molecule has 2 nitrogen and oxygen atoms in total. The number of allylic oxidation sites excluding steroid dienone is 1. The van der Waals surface area contributed by atoms with E-state index >= 15 is 0 Å². The molecule has 1 fully saturated rings. The Labute approximate surface area is 176 Å². The Morgan fingerprint density at radius 1 is 0.931 bits per heavy atom. The van der Waals surface area contributed by atoms with Crippen LogP contribution >= 0.6 is 0 Å². The monoisotopic (exact) mass is 387 g/mol. The van der Waals surface area contributed by atoms with E-state index < -0.39 is 0 Å². The predicted molar refractivity (Wildman–Crippen MR) is 122 cm³/mol. The summed E-state index contributed by atoms with van der Waals surface area (Å²) in [6, 6.07) is 22.3. The van der Waals surface area contributed by atoms with Gasteiger partial charge in [-0.2, -0.15) is 0 Å². The first-order chi connectivity index (χ1) is 14.1. The minimum atomic E-state index is 0.0344. The number of piperidine rings is 1. The molecule has 29 heavy (non-hydrogen) atoms. The SMILES string of the molecule is CC(c1ccccc1)[N+]1=CC=C(N2CCCCC2)C(Cc2ccccc2)C1(C)C. The molecule has 152 valence electrons. The smallest absolute Gasteiger partial charge is 0.175 e. The van der Waals surface area contributed by atoms with E-state index in [1.54, 1.807) is 0 Å². The normalized spacial score (nSPS) is 22.6. The molecule has 2 aromatic rings. The molecule has 1 saturated heterocycles. The minimum absolute atomic E-state index is 0.0344. The molecule has 0 aliphatic carbocycles. The van der Waals surface area contributed by atoms with Crippen LogP contribution in [0.1, 0.15) is 57.2 Å². The molecular weight excluding hydrogens is 352 g/mol. The highest BCUT2D eigenvalue weighted by molar-refractivity contribution is 5.69. The topological polar surface area (TPSA) is 6.25 Å². The highest BCUT2D eigenvalue weighted by atomic mass is 15.2. The summed E-state index contributed by atoms with van der Waals surface area (Å²) >= 11 is 0. The molecule has 2 atom stereocenters. The summed E-state index contributed by atoms with van der Waals surface area (Å²) in [5.74, 6) is 0.471. The highest BCUT2D eigenvalue weighted by Crippen LogP contribution is 2.39. The first kappa shape index (κ1) is 19.9. The Morgan fingerprint density at radius 3 is 2.21 bits per heavy atom. The summed E-state index contributed by atoms with van der Waals surface area (Å²) < 4.78 is 2.59. The summed E-state index contributed by atoms with van der Waals surface area (Å²) in [4.78, 5) is 2.67. The van der Waals surface area contributed by atoms with Gasteiger partial charge in [-0.15, -0.1) is 0 Å². The second kappa shape index (κ2) is 8.57. The van der Waals surface area contributed by atoms with Gasteiger partial charge in [-0.1, -0.05) is 60.7 Å². The molecule has 2 aliphatic heterocycles. The van der Waals surface area contributed by atoms with Crippen molar-refractivity contribution in [3.63, 3.8) is 0 Å². The minimum Gasteiger partial charge on any atom is -0.374 e. The molecule has 0 saturated carbocycles. The highest BCUT2D eigenvalue weighted by Gasteiger charge is 2.47. The molecule has 2 heteroatoms. The van der Waals surface area contributed by atoms with Crippen LogP contribution in [0.25, 0.3) is 0 Å². The molecule has 0 bridgehead atoms. The molecule has 2 heterocycles. The average molecular weight is 388 g/mol. The van der Waals surface area contributed by atoms with Crippen LogP contribution in [0.15, 0.2) is 72.4 Å². The fourth-order valence-corrected chi connectivity index (χ4v) is 5.21. The van der Waals surface area contributed by atoms with Crippen molar-refractivity contribution in [3.05, 3.63) is 83.6 Å². The van der Waals surface area contributed by atoms with Crippen LogP contribution in [0.4, 0.5) is 0 Å². The lowest BCUT2D eigenvalue weighted by Crippen LogP contribution is -2.52. The quantitative estimate of drug-likeness (QED) is 0.583. The number of benzene rings is 2. The Bertz CT molecular complexity index is 858. The van der Waals surface area contributed by atoms with Gasteiger partial charge in [0.2, 0.25) is 0 Å². The van der Waals surface area contributed by atoms with Crippen molar-refractivity contribution in [3.8, 4) is 0 Å². The number of rotatable bonds is 5. The average Bonchev–Trinajstić information content (AvgIpc) is 2.76. The van der Waals surface area contributed by atoms with Gasteiger partial charge >= 0.3 is 0 Å². The molecule has 4 rings (SSSR count). The second-order valence-corrected chi connectivity index (χ2v) is 9.18. The van der Waals surface area contributed by atoms with Crippen molar-refractivity contribution in [2.45, 2.75) is 58.0 Å². The van der Waals surface area contributed by atoms with Crippen molar-refractivity contribution < 1.29 is 4.58 Å². The predicted octanol–water partition coefficient (Wildman–Crippen LogP) is 5.85. The van der Waals surface area contributed by atoms with Crippen molar-refractivity contribution in [1.82, 2.24) is 4.90 Å². The Hall–Kier alpha value is -2.35. The molecule has 2 unspecified atom stereocenters. The van der Waals surface area contributed by atoms with Gasteiger partial charge in [0, 0.05) is 51.2 Å². The van der Waals surface area contributed by atoms with Crippen LogP contribution in [0, 0.1) is 5.92 Å². The van der Waals surface area contributed by atoms with Crippen LogP contribution in [0.2, 0.25) is 0 Å². The maximum Gasteiger partial charge on any atom is 0.175 e. The standard InChI is InChI=1S/C27H35N2/c1-22(24-15-9-5-10-16-24)29-20-17-26(28-18-11-6-12-19-28)25(27(29,2)3)21-23-13-7-4-8-14-23/h4-5,7-10,13-17,20,22,25H,6,11-12,18-19,21H2,1-3H3/q+1. The van der Waals surface area contributed by atoms with E-state index in [0.29, 0.717) is 12.0 Å². The van der Waals surface area contributed by atoms with Crippen LogP contribution in [-0.4, -0.2) is 34.3 Å². The molecule has 2 aliphatic rings. The fraction of sp³-hybridized carbons (Fsp3) is 0.444. The third-order valence-electron chi connectivity index (χ3n) is 6.98. The van der Waals surface area contributed by atoms with Crippen LogP contribution < -0.4 is 0 Å². The molecule has 2 aromatic carbocycles. The maximum atomic E-state index is 2.67. The van der Waals surface area contributed by atoms with Crippen LogP contribution in [0.5, 0.6) is 0 Å². The van der Waals surface area contributed by atoms with E-state index in [1.807, 2.05) is 0 Å². The lowest BCUT2D eigenvalue weighted by molar-refractivity contribution is -0.641. The number of nitrogens with zero attached hydrogens (tertiary/aromatic N) is 2. The summed E-state index contributed by atoms with van der Waals surface area (Å²) in [6.45, 7) is 9.62. The summed E-state index contributed by atoms with van der Waals surface area (Å²) in [6.07, 6.45) is 9.88. The molecular formula is C27H35N2+. The summed E-state index contributed by atoms with van der Waals surface area (Å²) in [7, 11) is 0. The first-order valence-corrected chi connectivity index (χ1v) is 11.2. The Kier molecular flexibility index (Phi) is 5.89. The van der Waals surface area contributed by atoms with Gasteiger partial charge in [0.1, 0.15) is 0 Å². The van der Waals surface area contributed by atoms with E-state index in [4.69, 9.17) is 0 Å². The number of likely N-dealkylation sites (tertiary alicyclic amines) is 1. The fourth-order valence-electron chi connectivity index (χ4n) is 5.21. The van der Waals surface area contributed by atoms with Crippen molar-refractivity contribution >= 4 is 6.21 Å². The molecule has 0 radical (unpaired) electrons. The molecule has 0 amide bonds. The Morgan fingerprint density at radius 2 is 1.55 bits per heavy atom. The van der Waals surface area contributed by atoms with E-state index in [0.717, 1.165) is 6.42 Å². The second-order valence-electron chi connectivity index (χ2n) is 9.18. The molecule has 0 spiro atoms. The van der Waals surface area contributed by atoms with Gasteiger partial charge in [0.25, 0.3) is 0 Å². The zero-order valence-corrected chi connectivity index (χ0v) is 18.2. The largest absolute Gasteiger partial charge is 0.374 e. The van der Waals surface area contributed by atoms with Gasteiger partial charge < -0.3 is 4.90 Å².